The van der Waals surface area contributed by atoms with Gasteiger partial charge in [-0.2, -0.15) is 0 Å². The fourth-order valence-corrected chi connectivity index (χ4v) is 3.52. The fraction of sp³-hybridized carbons (Fsp3) is 0.231. The Kier molecular flexibility index (Phi) is 8.30. The molecule has 1 aliphatic rings. The van der Waals surface area contributed by atoms with Crippen LogP contribution in [0.5, 0.6) is 0 Å². The Morgan fingerprint density at radius 3 is 2.24 bits per heavy atom. The second-order valence-electron chi connectivity index (χ2n) is 7.68. The summed E-state index contributed by atoms with van der Waals surface area (Å²) in [5, 5.41) is 11.0. The summed E-state index contributed by atoms with van der Waals surface area (Å²) in [5.41, 5.74) is 2.19. The Balaban J connectivity index is 1.61. The number of rotatable bonds is 8. The largest absolute Gasteiger partial charge is 0.455 e. The Morgan fingerprint density at radius 2 is 1.67 bits per heavy atom. The van der Waals surface area contributed by atoms with Crippen LogP contribution < -0.4 is 4.90 Å². The molecular weight excluding hydrogens is 420 g/mol. The van der Waals surface area contributed by atoms with Gasteiger partial charge in [0.2, 0.25) is 6.04 Å². The topological polar surface area (TPSA) is 89.8 Å². The van der Waals surface area contributed by atoms with Crippen molar-refractivity contribution in [3.8, 4) is 0 Å². The third kappa shape index (κ3) is 7.00. The summed E-state index contributed by atoms with van der Waals surface area (Å²) in [5.74, 6) is -0.851. The molecule has 0 heterocycles. The van der Waals surface area contributed by atoms with Crippen molar-refractivity contribution >= 4 is 23.3 Å². The third-order valence-electron chi connectivity index (χ3n) is 5.17. The van der Waals surface area contributed by atoms with Crippen LogP contribution in [-0.4, -0.2) is 28.9 Å². The molecule has 0 fully saturated rings. The summed E-state index contributed by atoms with van der Waals surface area (Å²) in [6, 6.07) is 17.9. The predicted octanol–water partition coefficient (Wildman–Crippen LogP) is 5.15. The number of amides is 1. The maximum Gasteiger partial charge on any atom is 0.331 e. The molecule has 0 aromatic heterocycles. The van der Waals surface area contributed by atoms with E-state index >= 15 is 0 Å². The van der Waals surface area contributed by atoms with E-state index in [1.807, 2.05) is 66.7 Å². The van der Waals surface area contributed by atoms with Crippen molar-refractivity contribution in [2.45, 2.75) is 38.3 Å². The zero-order valence-electron chi connectivity index (χ0n) is 18.4. The van der Waals surface area contributed by atoms with E-state index in [0.29, 0.717) is 19.3 Å². The van der Waals surface area contributed by atoms with Gasteiger partial charge in [-0.15, -0.1) is 0 Å². The normalized spacial score (nSPS) is 16.9. The number of carbonyl (C=O) groups excluding carboxylic acids is 2. The van der Waals surface area contributed by atoms with Crippen molar-refractivity contribution < 1.29 is 19.2 Å². The van der Waals surface area contributed by atoms with E-state index in [4.69, 9.17) is 4.74 Å². The van der Waals surface area contributed by atoms with Crippen molar-refractivity contribution in [3.05, 3.63) is 107 Å². The van der Waals surface area contributed by atoms with Crippen molar-refractivity contribution in [1.29, 1.82) is 0 Å². The molecule has 170 valence electrons. The summed E-state index contributed by atoms with van der Waals surface area (Å²) in [6.45, 7) is 1.66. The number of anilines is 2. The number of allylic oxidation sites excluding steroid dienone is 2. The van der Waals surface area contributed by atoms with Gasteiger partial charge in [0.25, 0.3) is 5.91 Å². The minimum absolute atomic E-state index is 0.274. The summed E-state index contributed by atoms with van der Waals surface area (Å²) in [6.07, 6.45) is 8.42. The first-order valence-corrected chi connectivity index (χ1v) is 10.8. The number of benzene rings is 2. The molecule has 1 unspecified atom stereocenters. The number of carbonyl (C=O) groups is 2. The Morgan fingerprint density at radius 1 is 1.06 bits per heavy atom. The Labute approximate surface area is 192 Å². The third-order valence-corrected chi connectivity index (χ3v) is 5.17. The highest BCUT2D eigenvalue weighted by Crippen LogP contribution is 2.25. The first-order chi connectivity index (χ1) is 15.9. The maximum atomic E-state index is 13.0. The highest BCUT2D eigenvalue weighted by molar-refractivity contribution is 6.07. The number of esters is 1. The Bertz CT molecular complexity index is 1020. The summed E-state index contributed by atoms with van der Waals surface area (Å²) in [4.78, 5) is 37.4. The molecule has 7 nitrogen and oxygen atoms in total. The van der Waals surface area contributed by atoms with E-state index in [2.05, 4.69) is 0 Å². The first kappa shape index (κ1) is 23.7. The average molecular weight is 447 g/mol. The number of ether oxygens (including phenoxy) is 1. The van der Waals surface area contributed by atoms with Crippen LogP contribution in [0.2, 0.25) is 0 Å². The lowest BCUT2D eigenvalue weighted by molar-refractivity contribution is -0.523. The van der Waals surface area contributed by atoms with Crippen molar-refractivity contribution in [1.82, 2.24) is 0 Å². The summed E-state index contributed by atoms with van der Waals surface area (Å²) in [7, 11) is 0. The average Bonchev–Trinajstić information content (AvgIpc) is 2.83. The number of hydrogen-bond acceptors (Lipinski definition) is 5. The smallest absolute Gasteiger partial charge is 0.331 e. The summed E-state index contributed by atoms with van der Waals surface area (Å²) >= 11 is 0. The highest BCUT2D eigenvalue weighted by Gasteiger charge is 2.23. The molecule has 1 amide bonds. The Hall–Kier alpha value is -4.00. The minimum Gasteiger partial charge on any atom is -0.455 e. The minimum atomic E-state index is -0.633. The van der Waals surface area contributed by atoms with Gasteiger partial charge in [0.15, 0.2) is 0 Å². The molecule has 0 radical (unpaired) electrons. The van der Waals surface area contributed by atoms with E-state index < -0.39 is 18.1 Å². The van der Waals surface area contributed by atoms with Gasteiger partial charge < -0.3 is 4.74 Å². The van der Waals surface area contributed by atoms with Gasteiger partial charge >= 0.3 is 5.97 Å². The van der Waals surface area contributed by atoms with Gasteiger partial charge in [0.05, 0.1) is 0 Å². The molecular formula is C26H26N2O5. The molecule has 33 heavy (non-hydrogen) atoms. The van der Waals surface area contributed by atoms with Crippen LogP contribution in [0, 0.1) is 10.1 Å². The second kappa shape index (κ2) is 11.6. The van der Waals surface area contributed by atoms with E-state index in [9.17, 15) is 19.7 Å². The number of para-hydroxylation sites is 2. The zero-order chi connectivity index (χ0) is 23.6. The quantitative estimate of drug-likeness (QED) is 0.242. The maximum absolute atomic E-state index is 13.0. The molecule has 0 N–H and O–H groups in total. The van der Waals surface area contributed by atoms with Gasteiger partial charge in [-0.3, -0.25) is 19.8 Å². The standard InChI is InChI=1S/C26H26N2O5/c1-20(33-26(30)18-16-21-9-8-14-24(19-21)28(31)32)15-17-25(29)27(22-10-4-2-5-11-22)23-12-6-3-7-13-23/h2-7,9-13,15-18,20,24H,8,14,19H2,1H3/t20-,24?/m1/s1. The van der Waals surface area contributed by atoms with Gasteiger partial charge in [-0.25, -0.2) is 4.79 Å². The van der Waals surface area contributed by atoms with E-state index in [-0.39, 0.29) is 10.8 Å². The fourth-order valence-electron chi connectivity index (χ4n) is 3.52. The lowest BCUT2D eigenvalue weighted by atomic mass is 9.95. The predicted molar refractivity (Wildman–Crippen MR) is 127 cm³/mol. The molecule has 0 aliphatic heterocycles. The van der Waals surface area contributed by atoms with Crippen molar-refractivity contribution in [2.75, 3.05) is 4.90 Å². The molecule has 0 spiro atoms. The lowest BCUT2D eigenvalue weighted by Gasteiger charge is -2.21. The molecule has 2 atom stereocenters. The number of nitrogens with zero attached hydrogens (tertiary/aromatic N) is 2. The molecule has 1 aliphatic carbocycles. The molecule has 0 saturated heterocycles. The van der Waals surface area contributed by atoms with E-state index in [1.54, 1.807) is 17.9 Å². The lowest BCUT2D eigenvalue weighted by Crippen LogP contribution is -2.24. The van der Waals surface area contributed by atoms with Crippen molar-refractivity contribution in [2.24, 2.45) is 0 Å². The van der Waals surface area contributed by atoms with Gasteiger partial charge in [0.1, 0.15) is 6.10 Å². The zero-order valence-corrected chi connectivity index (χ0v) is 18.4. The SMILES string of the molecule is C[C@H](C=CC(=O)N(c1ccccc1)c1ccccc1)OC(=O)C=CC1=CCCC([N+](=O)[O-])C1. The van der Waals surface area contributed by atoms with Crippen LogP contribution in [0.15, 0.2) is 96.6 Å². The van der Waals surface area contributed by atoms with E-state index in [1.165, 1.54) is 18.2 Å². The highest BCUT2D eigenvalue weighted by atomic mass is 16.6. The molecule has 3 rings (SSSR count). The number of hydrogen-bond donors (Lipinski definition) is 0. The van der Waals surface area contributed by atoms with Gasteiger partial charge in [0, 0.05) is 41.3 Å². The van der Waals surface area contributed by atoms with Gasteiger partial charge in [-0.05, 0) is 49.3 Å². The number of nitro groups is 1. The van der Waals surface area contributed by atoms with Crippen LogP contribution in [0.3, 0.4) is 0 Å². The molecule has 2 aromatic rings. The first-order valence-electron chi connectivity index (χ1n) is 10.8. The molecule has 7 heteroatoms. The van der Waals surface area contributed by atoms with E-state index in [0.717, 1.165) is 16.9 Å². The summed E-state index contributed by atoms with van der Waals surface area (Å²) < 4.78 is 5.31. The van der Waals surface area contributed by atoms with Crippen molar-refractivity contribution in [3.63, 3.8) is 0 Å². The van der Waals surface area contributed by atoms with Crippen LogP contribution >= 0.6 is 0 Å². The monoisotopic (exact) mass is 446 g/mol. The van der Waals surface area contributed by atoms with Crippen LogP contribution in [0.4, 0.5) is 11.4 Å². The molecule has 0 saturated carbocycles. The second-order valence-corrected chi connectivity index (χ2v) is 7.68. The van der Waals surface area contributed by atoms with Crippen LogP contribution in [0.1, 0.15) is 26.2 Å². The van der Waals surface area contributed by atoms with Crippen LogP contribution in [-0.2, 0) is 14.3 Å². The van der Waals surface area contributed by atoms with Crippen LogP contribution in [0.25, 0.3) is 0 Å². The molecule has 0 bridgehead atoms. The molecule has 2 aromatic carbocycles. The van der Waals surface area contributed by atoms with Gasteiger partial charge in [-0.1, -0.05) is 48.6 Å².